The highest BCUT2D eigenvalue weighted by Gasteiger charge is 2.08. The standard InChI is InChI=1S/C18H31NO2/c1-15(2)13-20-9-10-21-14-17-8-6-7-16(11-17)12-19-18(3,4)5/h6-8,11,15,19H,9-10,12-14H2,1-5H3. The molecule has 1 aromatic carbocycles. The third kappa shape index (κ3) is 9.62. The number of nitrogens with one attached hydrogen (secondary N) is 1. The highest BCUT2D eigenvalue weighted by Crippen LogP contribution is 2.09. The summed E-state index contributed by atoms with van der Waals surface area (Å²) in [7, 11) is 0. The van der Waals surface area contributed by atoms with Gasteiger partial charge in [-0.2, -0.15) is 0 Å². The van der Waals surface area contributed by atoms with Crippen LogP contribution in [-0.2, 0) is 22.6 Å². The van der Waals surface area contributed by atoms with Gasteiger partial charge in [0.15, 0.2) is 0 Å². The summed E-state index contributed by atoms with van der Waals surface area (Å²) in [5.41, 5.74) is 2.65. The lowest BCUT2D eigenvalue weighted by Crippen LogP contribution is -2.35. The number of hydrogen-bond acceptors (Lipinski definition) is 3. The summed E-state index contributed by atoms with van der Waals surface area (Å²) >= 11 is 0. The average Bonchev–Trinajstić information content (AvgIpc) is 2.40. The molecule has 0 saturated carbocycles. The lowest BCUT2D eigenvalue weighted by atomic mass is 10.1. The minimum absolute atomic E-state index is 0.139. The van der Waals surface area contributed by atoms with E-state index in [9.17, 15) is 0 Å². The molecule has 0 unspecified atom stereocenters. The average molecular weight is 293 g/mol. The van der Waals surface area contributed by atoms with Crippen molar-refractivity contribution in [2.24, 2.45) is 5.92 Å². The van der Waals surface area contributed by atoms with Gasteiger partial charge in [0.2, 0.25) is 0 Å². The molecule has 1 N–H and O–H groups in total. The maximum absolute atomic E-state index is 5.66. The maximum atomic E-state index is 5.66. The van der Waals surface area contributed by atoms with Crippen LogP contribution in [0, 0.1) is 5.92 Å². The molecule has 0 fully saturated rings. The van der Waals surface area contributed by atoms with Crippen LogP contribution in [0.2, 0.25) is 0 Å². The number of rotatable bonds is 9. The SMILES string of the molecule is CC(C)COCCOCc1cccc(CNC(C)(C)C)c1. The second-order valence-corrected chi connectivity index (χ2v) is 6.94. The van der Waals surface area contributed by atoms with Gasteiger partial charge in [0, 0.05) is 18.7 Å². The van der Waals surface area contributed by atoms with E-state index in [4.69, 9.17) is 9.47 Å². The molecule has 0 heterocycles. The van der Waals surface area contributed by atoms with E-state index in [-0.39, 0.29) is 5.54 Å². The Bertz CT molecular complexity index is 396. The summed E-state index contributed by atoms with van der Waals surface area (Å²) in [5, 5.41) is 3.50. The Kier molecular flexibility index (Phi) is 7.94. The van der Waals surface area contributed by atoms with E-state index < -0.39 is 0 Å². The van der Waals surface area contributed by atoms with Crippen molar-refractivity contribution in [1.82, 2.24) is 5.32 Å². The molecule has 0 spiro atoms. The van der Waals surface area contributed by atoms with Crippen molar-refractivity contribution < 1.29 is 9.47 Å². The van der Waals surface area contributed by atoms with Crippen LogP contribution in [0.4, 0.5) is 0 Å². The molecule has 0 amide bonds. The first-order valence-corrected chi connectivity index (χ1v) is 7.85. The van der Waals surface area contributed by atoms with Crippen LogP contribution in [0.15, 0.2) is 24.3 Å². The summed E-state index contributed by atoms with van der Waals surface area (Å²) in [5.74, 6) is 0.581. The monoisotopic (exact) mass is 293 g/mol. The summed E-state index contributed by atoms with van der Waals surface area (Å²) in [6.45, 7) is 14.5. The smallest absolute Gasteiger partial charge is 0.0718 e. The largest absolute Gasteiger partial charge is 0.379 e. The summed E-state index contributed by atoms with van der Waals surface area (Å²) < 4.78 is 11.2. The van der Waals surface area contributed by atoms with Crippen molar-refractivity contribution >= 4 is 0 Å². The lowest BCUT2D eigenvalue weighted by molar-refractivity contribution is 0.0314. The van der Waals surface area contributed by atoms with E-state index in [0.717, 1.165) is 13.2 Å². The van der Waals surface area contributed by atoms with Gasteiger partial charge in [0.1, 0.15) is 0 Å². The molecular weight excluding hydrogens is 262 g/mol. The molecular formula is C18H31NO2. The van der Waals surface area contributed by atoms with Crippen molar-refractivity contribution in [3.05, 3.63) is 35.4 Å². The van der Waals surface area contributed by atoms with Gasteiger partial charge >= 0.3 is 0 Å². The Morgan fingerprint density at radius 3 is 2.38 bits per heavy atom. The van der Waals surface area contributed by atoms with E-state index >= 15 is 0 Å². The summed E-state index contributed by atoms with van der Waals surface area (Å²) in [4.78, 5) is 0. The van der Waals surface area contributed by atoms with Crippen LogP contribution >= 0.6 is 0 Å². The molecule has 0 aliphatic heterocycles. The molecule has 0 radical (unpaired) electrons. The van der Waals surface area contributed by atoms with E-state index in [1.807, 2.05) is 0 Å². The van der Waals surface area contributed by atoms with Gasteiger partial charge in [-0.25, -0.2) is 0 Å². The fourth-order valence-electron chi connectivity index (χ4n) is 1.82. The minimum atomic E-state index is 0.139. The Labute approximate surface area is 130 Å². The zero-order valence-electron chi connectivity index (χ0n) is 14.2. The molecule has 1 rings (SSSR count). The molecule has 0 atom stereocenters. The zero-order valence-corrected chi connectivity index (χ0v) is 14.2. The van der Waals surface area contributed by atoms with Crippen molar-refractivity contribution in [1.29, 1.82) is 0 Å². The lowest BCUT2D eigenvalue weighted by Gasteiger charge is -2.20. The maximum Gasteiger partial charge on any atom is 0.0718 e. The number of ether oxygens (including phenoxy) is 2. The quantitative estimate of drug-likeness (QED) is 0.703. The van der Waals surface area contributed by atoms with Gasteiger partial charge < -0.3 is 14.8 Å². The molecule has 1 aromatic rings. The Morgan fingerprint density at radius 1 is 1.05 bits per heavy atom. The summed E-state index contributed by atoms with van der Waals surface area (Å²) in [6, 6.07) is 8.55. The predicted octanol–water partition coefficient (Wildman–Crippen LogP) is 3.76. The fourth-order valence-corrected chi connectivity index (χ4v) is 1.82. The van der Waals surface area contributed by atoms with E-state index in [0.29, 0.717) is 25.7 Å². The van der Waals surface area contributed by atoms with Crippen LogP contribution in [0.3, 0.4) is 0 Å². The van der Waals surface area contributed by atoms with Crippen LogP contribution in [-0.4, -0.2) is 25.4 Å². The second kappa shape index (κ2) is 9.19. The number of benzene rings is 1. The van der Waals surface area contributed by atoms with Crippen LogP contribution in [0.5, 0.6) is 0 Å². The first-order valence-electron chi connectivity index (χ1n) is 7.85. The third-order valence-electron chi connectivity index (χ3n) is 2.91. The molecule has 0 aromatic heterocycles. The van der Waals surface area contributed by atoms with Gasteiger partial charge in [-0.3, -0.25) is 0 Å². The Morgan fingerprint density at radius 2 is 1.71 bits per heavy atom. The molecule has 0 saturated heterocycles. The molecule has 3 heteroatoms. The highest BCUT2D eigenvalue weighted by molar-refractivity contribution is 5.23. The molecule has 0 aliphatic rings. The molecule has 21 heavy (non-hydrogen) atoms. The van der Waals surface area contributed by atoms with Gasteiger partial charge in [-0.05, 0) is 37.8 Å². The molecule has 0 aliphatic carbocycles. The van der Waals surface area contributed by atoms with E-state index in [1.165, 1.54) is 11.1 Å². The minimum Gasteiger partial charge on any atom is -0.379 e. The van der Waals surface area contributed by atoms with Gasteiger partial charge in [0.05, 0.1) is 19.8 Å². The van der Waals surface area contributed by atoms with E-state index in [2.05, 4.69) is 64.2 Å². The van der Waals surface area contributed by atoms with Gasteiger partial charge in [0.25, 0.3) is 0 Å². The van der Waals surface area contributed by atoms with Crippen LogP contribution < -0.4 is 5.32 Å². The highest BCUT2D eigenvalue weighted by atomic mass is 16.5. The first-order chi connectivity index (χ1) is 9.87. The van der Waals surface area contributed by atoms with Crippen LogP contribution in [0.1, 0.15) is 45.7 Å². The van der Waals surface area contributed by atoms with Gasteiger partial charge in [-0.15, -0.1) is 0 Å². The van der Waals surface area contributed by atoms with Crippen LogP contribution in [0.25, 0.3) is 0 Å². The third-order valence-corrected chi connectivity index (χ3v) is 2.91. The molecule has 120 valence electrons. The zero-order chi connectivity index (χ0) is 15.7. The molecule has 0 bridgehead atoms. The Balaban J connectivity index is 2.26. The first kappa shape index (κ1) is 18.1. The fraction of sp³-hybridized carbons (Fsp3) is 0.667. The predicted molar refractivity (Wildman–Crippen MR) is 88.3 cm³/mol. The van der Waals surface area contributed by atoms with Crippen molar-refractivity contribution in [3.8, 4) is 0 Å². The van der Waals surface area contributed by atoms with Gasteiger partial charge in [-0.1, -0.05) is 38.1 Å². The Hall–Kier alpha value is -0.900. The topological polar surface area (TPSA) is 30.5 Å². The van der Waals surface area contributed by atoms with Crippen molar-refractivity contribution in [2.45, 2.75) is 53.3 Å². The number of hydrogen-bond donors (Lipinski definition) is 1. The molecule has 3 nitrogen and oxygen atoms in total. The van der Waals surface area contributed by atoms with E-state index in [1.54, 1.807) is 0 Å². The second-order valence-electron chi connectivity index (χ2n) is 6.94. The van der Waals surface area contributed by atoms with Crippen molar-refractivity contribution in [3.63, 3.8) is 0 Å². The normalized spacial score (nSPS) is 12.1. The van der Waals surface area contributed by atoms with Crippen molar-refractivity contribution in [2.75, 3.05) is 19.8 Å². The summed E-state index contributed by atoms with van der Waals surface area (Å²) in [6.07, 6.45) is 0.